The lowest BCUT2D eigenvalue weighted by atomic mass is 10.1. The second-order valence-corrected chi connectivity index (χ2v) is 6.05. The van der Waals surface area contributed by atoms with E-state index in [1.165, 1.54) is 19.2 Å². The van der Waals surface area contributed by atoms with Crippen LogP contribution >= 0.6 is 11.6 Å². The fourth-order valence-electron chi connectivity index (χ4n) is 2.49. The summed E-state index contributed by atoms with van der Waals surface area (Å²) in [5, 5.41) is 3.20. The number of esters is 1. The molecule has 8 heteroatoms. The van der Waals surface area contributed by atoms with Gasteiger partial charge in [0.05, 0.1) is 12.7 Å². The van der Waals surface area contributed by atoms with Crippen LogP contribution in [0.4, 0.5) is 0 Å². The summed E-state index contributed by atoms with van der Waals surface area (Å²) in [5.74, 6) is 0.0989. The van der Waals surface area contributed by atoms with Gasteiger partial charge in [0.15, 0.2) is 18.1 Å². The predicted octanol–water partition coefficient (Wildman–Crippen LogP) is 2.59. The first-order chi connectivity index (χ1) is 13.1. The molecule has 0 radical (unpaired) electrons. The summed E-state index contributed by atoms with van der Waals surface area (Å²) in [6, 6.07) is 10.1. The van der Waals surface area contributed by atoms with E-state index < -0.39 is 18.5 Å². The molecular formula is C19H18ClNO6. The molecule has 0 saturated heterocycles. The summed E-state index contributed by atoms with van der Waals surface area (Å²) in [5.41, 5.74) is 0.977. The second-order valence-electron chi connectivity index (χ2n) is 5.65. The number of rotatable bonds is 6. The fraction of sp³-hybridized carbons (Fsp3) is 0.263. The van der Waals surface area contributed by atoms with Crippen molar-refractivity contribution in [3.8, 4) is 17.2 Å². The number of hydrogen-bond acceptors (Lipinski definition) is 6. The van der Waals surface area contributed by atoms with Crippen molar-refractivity contribution in [2.24, 2.45) is 0 Å². The number of carbonyl (C=O) groups excluding carboxylic acids is 2. The Balaban J connectivity index is 1.57. The van der Waals surface area contributed by atoms with Crippen LogP contribution in [0.15, 0.2) is 36.4 Å². The number of methoxy groups -OCH3 is 1. The molecule has 1 aliphatic heterocycles. The van der Waals surface area contributed by atoms with Gasteiger partial charge in [0.1, 0.15) is 13.2 Å². The zero-order valence-corrected chi connectivity index (χ0v) is 15.4. The molecule has 2 aromatic carbocycles. The Kier molecular flexibility index (Phi) is 6.03. The van der Waals surface area contributed by atoms with E-state index in [9.17, 15) is 9.59 Å². The van der Waals surface area contributed by atoms with E-state index in [0.717, 1.165) is 5.56 Å². The summed E-state index contributed by atoms with van der Waals surface area (Å²) >= 11 is 6.03. The maximum absolute atomic E-state index is 12.3. The van der Waals surface area contributed by atoms with E-state index in [-0.39, 0.29) is 12.1 Å². The number of amides is 1. The number of fused-ring (bicyclic) bond motifs is 1. The molecule has 0 unspecified atom stereocenters. The number of nitrogens with one attached hydrogen (secondary N) is 1. The van der Waals surface area contributed by atoms with Crippen LogP contribution in [0.2, 0.25) is 5.02 Å². The predicted molar refractivity (Wildman–Crippen MR) is 97.6 cm³/mol. The fourth-order valence-corrected chi connectivity index (χ4v) is 2.69. The molecule has 0 spiro atoms. The Morgan fingerprint density at radius 1 is 1.19 bits per heavy atom. The van der Waals surface area contributed by atoms with Crippen molar-refractivity contribution in [3.63, 3.8) is 0 Å². The van der Waals surface area contributed by atoms with E-state index >= 15 is 0 Å². The molecule has 1 N–H and O–H groups in total. The maximum Gasteiger partial charge on any atom is 0.338 e. The Hall–Kier alpha value is -2.93. The van der Waals surface area contributed by atoms with E-state index in [4.69, 9.17) is 30.5 Å². The molecule has 0 aromatic heterocycles. The minimum Gasteiger partial charge on any atom is -0.493 e. The van der Waals surface area contributed by atoms with Gasteiger partial charge >= 0.3 is 5.97 Å². The van der Waals surface area contributed by atoms with E-state index in [1.54, 1.807) is 18.2 Å². The van der Waals surface area contributed by atoms with E-state index in [0.29, 0.717) is 35.5 Å². The largest absolute Gasteiger partial charge is 0.493 e. The topological polar surface area (TPSA) is 83.1 Å². The first-order valence-electron chi connectivity index (χ1n) is 8.23. The number of ether oxygens (including phenoxy) is 4. The van der Waals surface area contributed by atoms with Crippen LogP contribution in [-0.2, 0) is 16.1 Å². The molecule has 27 heavy (non-hydrogen) atoms. The molecule has 0 aliphatic carbocycles. The Bertz CT molecular complexity index is 837. The van der Waals surface area contributed by atoms with Gasteiger partial charge in [-0.2, -0.15) is 0 Å². The Labute approximate surface area is 161 Å². The molecule has 2 aromatic rings. The highest BCUT2D eigenvalue weighted by atomic mass is 35.5. The third-order valence-electron chi connectivity index (χ3n) is 3.83. The normalized spacial score (nSPS) is 12.2. The average Bonchev–Trinajstić information content (AvgIpc) is 2.70. The molecular weight excluding hydrogens is 374 g/mol. The molecule has 0 bridgehead atoms. The van der Waals surface area contributed by atoms with Gasteiger partial charge in [-0.25, -0.2) is 4.79 Å². The Morgan fingerprint density at radius 3 is 2.74 bits per heavy atom. The molecule has 3 rings (SSSR count). The number of hydrogen-bond donors (Lipinski definition) is 1. The van der Waals surface area contributed by atoms with Gasteiger partial charge in [-0.1, -0.05) is 29.8 Å². The van der Waals surface area contributed by atoms with E-state index in [1.807, 2.05) is 6.07 Å². The summed E-state index contributed by atoms with van der Waals surface area (Å²) < 4.78 is 21.2. The highest BCUT2D eigenvalue weighted by Crippen LogP contribution is 2.40. The van der Waals surface area contributed by atoms with Crippen LogP contribution in [0.3, 0.4) is 0 Å². The SMILES string of the molecule is COc1cc(C(=O)OCC(=O)NCc2ccccc2Cl)cc2c1OCCO2. The molecule has 1 aliphatic rings. The second kappa shape index (κ2) is 8.64. The monoisotopic (exact) mass is 391 g/mol. The van der Waals surface area contributed by atoms with Gasteiger partial charge in [-0.15, -0.1) is 0 Å². The number of halogens is 1. The smallest absolute Gasteiger partial charge is 0.338 e. The standard InChI is InChI=1S/C19H18ClNO6/c1-24-15-8-13(9-16-18(15)26-7-6-25-16)19(23)27-11-17(22)21-10-12-4-2-3-5-14(12)20/h2-5,8-9H,6-7,10-11H2,1H3,(H,21,22). The van der Waals surface area contributed by atoms with Gasteiger partial charge in [-0.3, -0.25) is 4.79 Å². The van der Waals surface area contributed by atoms with Crippen molar-refractivity contribution < 1.29 is 28.5 Å². The number of benzene rings is 2. The van der Waals surface area contributed by atoms with Crippen molar-refractivity contribution in [1.82, 2.24) is 5.32 Å². The molecule has 1 amide bonds. The zero-order valence-electron chi connectivity index (χ0n) is 14.6. The van der Waals surface area contributed by atoms with Crippen molar-refractivity contribution in [3.05, 3.63) is 52.5 Å². The highest BCUT2D eigenvalue weighted by molar-refractivity contribution is 6.31. The molecule has 0 atom stereocenters. The third-order valence-corrected chi connectivity index (χ3v) is 4.20. The summed E-state index contributed by atoms with van der Waals surface area (Å²) in [4.78, 5) is 24.2. The summed E-state index contributed by atoms with van der Waals surface area (Å²) in [7, 11) is 1.46. The Morgan fingerprint density at radius 2 is 1.96 bits per heavy atom. The van der Waals surface area contributed by atoms with Crippen LogP contribution in [-0.4, -0.2) is 38.8 Å². The molecule has 142 valence electrons. The minimum absolute atomic E-state index is 0.204. The van der Waals surface area contributed by atoms with Crippen molar-refractivity contribution in [2.75, 3.05) is 26.9 Å². The highest BCUT2D eigenvalue weighted by Gasteiger charge is 2.22. The van der Waals surface area contributed by atoms with Crippen molar-refractivity contribution >= 4 is 23.5 Å². The molecule has 7 nitrogen and oxygen atoms in total. The van der Waals surface area contributed by atoms with Crippen LogP contribution in [0.5, 0.6) is 17.2 Å². The van der Waals surface area contributed by atoms with Gasteiger partial charge in [0.2, 0.25) is 5.75 Å². The maximum atomic E-state index is 12.3. The van der Waals surface area contributed by atoms with E-state index in [2.05, 4.69) is 5.32 Å². The van der Waals surface area contributed by atoms with Gasteiger partial charge in [0, 0.05) is 11.6 Å². The minimum atomic E-state index is -0.668. The summed E-state index contributed by atoms with van der Waals surface area (Å²) in [6.45, 7) is 0.603. The van der Waals surface area contributed by atoms with Crippen molar-refractivity contribution in [1.29, 1.82) is 0 Å². The van der Waals surface area contributed by atoms with Crippen molar-refractivity contribution in [2.45, 2.75) is 6.54 Å². The van der Waals surface area contributed by atoms with Crippen LogP contribution in [0.25, 0.3) is 0 Å². The summed E-state index contributed by atoms with van der Waals surface area (Å²) in [6.07, 6.45) is 0. The zero-order chi connectivity index (χ0) is 19.2. The average molecular weight is 392 g/mol. The number of carbonyl (C=O) groups is 2. The lowest BCUT2D eigenvalue weighted by Gasteiger charge is -2.21. The first kappa shape index (κ1) is 18.8. The molecule has 0 saturated carbocycles. The first-order valence-corrected chi connectivity index (χ1v) is 8.61. The van der Waals surface area contributed by atoms with Crippen LogP contribution < -0.4 is 19.5 Å². The lowest BCUT2D eigenvalue weighted by Crippen LogP contribution is -2.28. The quantitative estimate of drug-likeness (QED) is 0.762. The van der Waals surface area contributed by atoms with Gasteiger partial charge in [0.25, 0.3) is 5.91 Å². The van der Waals surface area contributed by atoms with Crippen LogP contribution in [0, 0.1) is 0 Å². The van der Waals surface area contributed by atoms with Gasteiger partial charge < -0.3 is 24.3 Å². The van der Waals surface area contributed by atoms with Crippen LogP contribution in [0.1, 0.15) is 15.9 Å². The van der Waals surface area contributed by atoms with Gasteiger partial charge in [-0.05, 0) is 23.8 Å². The molecule has 1 heterocycles. The third kappa shape index (κ3) is 4.62. The molecule has 0 fully saturated rings. The lowest BCUT2D eigenvalue weighted by molar-refractivity contribution is -0.124.